The molecule has 2 bridgehead atoms. The van der Waals surface area contributed by atoms with E-state index in [0.29, 0.717) is 18.1 Å². The van der Waals surface area contributed by atoms with Crippen LogP contribution in [0.1, 0.15) is 36.6 Å². The van der Waals surface area contributed by atoms with Gasteiger partial charge in [-0.3, -0.25) is 4.68 Å². The van der Waals surface area contributed by atoms with Crippen molar-refractivity contribution in [2.75, 3.05) is 5.73 Å². The molecule has 0 aliphatic carbocycles. The number of ether oxygens (including phenoxy) is 1. The summed E-state index contributed by atoms with van der Waals surface area (Å²) in [5.41, 5.74) is 12.5. The zero-order valence-corrected chi connectivity index (χ0v) is 17.3. The van der Waals surface area contributed by atoms with Crippen LogP contribution in [0, 0.1) is 6.92 Å². The van der Waals surface area contributed by atoms with Gasteiger partial charge in [0.2, 0.25) is 0 Å². The van der Waals surface area contributed by atoms with Crippen molar-refractivity contribution in [3.05, 3.63) is 65.7 Å². The van der Waals surface area contributed by atoms with E-state index < -0.39 is 0 Å². The van der Waals surface area contributed by atoms with Crippen molar-refractivity contribution in [3.8, 4) is 28.4 Å². The van der Waals surface area contributed by atoms with Crippen LogP contribution < -0.4 is 10.5 Å². The van der Waals surface area contributed by atoms with Gasteiger partial charge in [0.1, 0.15) is 11.9 Å². The molecule has 4 aromatic rings. The minimum atomic E-state index is -0.223. The lowest BCUT2D eigenvalue weighted by molar-refractivity contribution is 0.228. The summed E-state index contributed by atoms with van der Waals surface area (Å²) in [4.78, 5) is 9.10. The van der Waals surface area contributed by atoms with E-state index in [4.69, 9.17) is 10.5 Å². The molecule has 0 unspecified atom stereocenters. The molecule has 30 heavy (non-hydrogen) atoms. The van der Waals surface area contributed by atoms with Crippen molar-refractivity contribution in [2.24, 2.45) is 0 Å². The van der Waals surface area contributed by atoms with E-state index >= 15 is 0 Å². The van der Waals surface area contributed by atoms with Crippen LogP contribution in [0.4, 0.5) is 5.82 Å². The molecule has 0 radical (unpaired) electrons. The van der Waals surface area contributed by atoms with Crippen molar-refractivity contribution in [2.45, 2.75) is 40.0 Å². The van der Waals surface area contributed by atoms with E-state index in [1.165, 1.54) is 5.56 Å². The van der Waals surface area contributed by atoms with Crippen molar-refractivity contribution in [1.29, 1.82) is 0 Å². The fourth-order valence-corrected chi connectivity index (χ4v) is 4.13. The Morgan fingerprint density at radius 2 is 2.07 bits per heavy atom. The molecule has 0 saturated carbocycles. The Balaban J connectivity index is 1.79. The third-order valence-electron chi connectivity index (χ3n) is 5.62. The van der Waals surface area contributed by atoms with Gasteiger partial charge in [-0.1, -0.05) is 23.8 Å². The first kappa shape index (κ1) is 18.4. The summed E-state index contributed by atoms with van der Waals surface area (Å²) >= 11 is 0. The molecule has 3 aromatic heterocycles. The number of hydrogen-bond donors (Lipinski definition) is 1. The lowest BCUT2D eigenvalue weighted by Crippen LogP contribution is -2.11. The average Bonchev–Trinajstić information content (AvgIpc) is 3.36. The topological polar surface area (TPSA) is 83.8 Å². The number of hydrogen-bond acceptors (Lipinski definition) is 5. The first-order valence-corrected chi connectivity index (χ1v) is 10.1. The summed E-state index contributed by atoms with van der Waals surface area (Å²) in [5.74, 6) is 1.86. The predicted molar refractivity (Wildman–Crippen MR) is 116 cm³/mol. The standard InChI is InChI=1S/C23H24N6O/c1-4-29-21-16-10-20(22(24)26-11-16)30-15(3)19-9-14(2)5-6-18(19)23-25-7-8-28(23)13-17(21)12-27-29/h5-12,15H,4,13H2,1-3H3,(H2,24,26)/t15-/m1/s1. The van der Waals surface area contributed by atoms with Gasteiger partial charge in [0, 0.05) is 47.4 Å². The molecule has 1 atom stereocenters. The van der Waals surface area contributed by atoms with Crippen molar-refractivity contribution in [3.63, 3.8) is 0 Å². The lowest BCUT2D eigenvalue weighted by atomic mass is 9.99. The molecule has 1 aliphatic rings. The number of anilines is 1. The van der Waals surface area contributed by atoms with Crippen molar-refractivity contribution < 1.29 is 4.74 Å². The monoisotopic (exact) mass is 400 g/mol. The van der Waals surface area contributed by atoms with Crippen LogP contribution in [0.2, 0.25) is 0 Å². The number of nitrogens with two attached hydrogens (primary N) is 1. The van der Waals surface area contributed by atoms with Crippen LogP contribution in [0.15, 0.2) is 49.1 Å². The molecular formula is C23H24N6O. The van der Waals surface area contributed by atoms with E-state index in [1.54, 1.807) is 6.20 Å². The second kappa shape index (κ2) is 7.02. The number of nitrogen functional groups attached to an aromatic ring is 1. The van der Waals surface area contributed by atoms with E-state index in [0.717, 1.165) is 40.3 Å². The first-order valence-electron chi connectivity index (χ1n) is 10.1. The maximum absolute atomic E-state index is 6.34. The number of rotatable bonds is 1. The maximum Gasteiger partial charge on any atom is 0.166 e. The molecule has 0 saturated heterocycles. The molecule has 0 spiro atoms. The van der Waals surface area contributed by atoms with Crippen LogP contribution in [-0.4, -0.2) is 24.3 Å². The smallest absolute Gasteiger partial charge is 0.166 e. The van der Waals surface area contributed by atoms with Gasteiger partial charge in [0.25, 0.3) is 0 Å². The number of imidazole rings is 1. The SMILES string of the molecule is CCn1ncc2c1-c1cnc(N)c(c1)O[C@H](C)c1cc(C)ccc1-c1nccn1C2. The third kappa shape index (κ3) is 2.94. The van der Waals surface area contributed by atoms with Crippen LogP contribution >= 0.6 is 0 Å². The number of aromatic nitrogens is 5. The molecule has 7 nitrogen and oxygen atoms in total. The third-order valence-corrected chi connectivity index (χ3v) is 5.62. The van der Waals surface area contributed by atoms with Gasteiger partial charge >= 0.3 is 0 Å². The lowest BCUT2D eigenvalue weighted by Gasteiger charge is -2.22. The number of nitrogens with zero attached hydrogens (tertiary/aromatic N) is 5. The maximum atomic E-state index is 6.34. The van der Waals surface area contributed by atoms with Gasteiger partial charge in [0.05, 0.1) is 18.4 Å². The summed E-state index contributed by atoms with van der Waals surface area (Å²) in [7, 11) is 0. The number of aryl methyl sites for hydroxylation is 2. The Bertz CT molecular complexity index is 1240. The Morgan fingerprint density at radius 3 is 2.90 bits per heavy atom. The molecule has 7 heteroatoms. The minimum absolute atomic E-state index is 0.223. The molecule has 1 aliphatic heterocycles. The Labute approximate surface area is 175 Å². The highest BCUT2D eigenvalue weighted by Crippen LogP contribution is 2.36. The molecule has 2 N–H and O–H groups in total. The van der Waals surface area contributed by atoms with Gasteiger partial charge in [-0.15, -0.1) is 0 Å². The Kier molecular flexibility index (Phi) is 4.31. The van der Waals surface area contributed by atoms with Crippen molar-refractivity contribution in [1.82, 2.24) is 24.3 Å². The second-order valence-corrected chi connectivity index (χ2v) is 7.67. The summed E-state index contributed by atoms with van der Waals surface area (Å²) in [6.45, 7) is 7.61. The van der Waals surface area contributed by atoms with Gasteiger partial charge in [-0.05, 0) is 26.8 Å². The molecule has 1 aromatic carbocycles. The molecule has 0 fully saturated rings. The molecule has 4 heterocycles. The van der Waals surface area contributed by atoms with Gasteiger partial charge in [0.15, 0.2) is 11.6 Å². The number of pyridine rings is 1. The van der Waals surface area contributed by atoms with Gasteiger partial charge in [-0.25, -0.2) is 9.97 Å². The summed E-state index contributed by atoms with van der Waals surface area (Å²) in [5, 5.41) is 4.59. The second-order valence-electron chi connectivity index (χ2n) is 7.67. The van der Waals surface area contributed by atoms with E-state index in [2.05, 4.69) is 51.7 Å². The largest absolute Gasteiger partial charge is 0.482 e. The summed E-state index contributed by atoms with van der Waals surface area (Å²) in [6, 6.07) is 8.34. The molecular weight excluding hydrogens is 376 g/mol. The average molecular weight is 400 g/mol. The van der Waals surface area contributed by atoms with Gasteiger partial charge < -0.3 is 15.0 Å². The zero-order chi connectivity index (χ0) is 20.8. The predicted octanol–water partition coefficient (Wildman–Crippen LogP) is 4.22. The van der Waals surface area contributed by atoms with Gasteiger partial charge in [-0.2, -0.15) is 5.10 Å². The minimum Gasteiger partial charge on any atom is -0.482 e. The summed E-state index contributed by atoms with van der Waals surface area (Å²) < 4.78 is 10.5. The van der Waals surface area contributed by atoms with Crippen LogP contribution in [-0.2, 0) is 13.1 Å². The van der Waals surface area contributed by atoms with E-state index in [-0.39, 0.29) is 6.10 Å². The quantitative estimate of drug-likeness (QED) is 0.517. The summed E-state index contributed by atoms with van der Waals surface area (Å²) in [6.07, 6.45) is 7.34. The Hall–Kier alpha value is -3.61. The van der Waals surface area contributed by atoms with Crippen LogP contribution in [0.25, 0.3) is 22.6 Å². The van der Waals surface area contributed by atoms with E-state index in [9.17, 15) is 0 Å². The molecule has 152 valence electrons. The highest BCUT2D eigenvalue weighted by molar-refractivity contribution is 5.68. The first-order chi connectivity index (χ1) is 14.5. The normalized spacial score (nSPS) is 15.2. The fraction of sp³-hybridized carbons (Fsp3) is 0.261. The van der Waals surface area contributed by atoms with Crippen LogP contribution in [0.3, 0.4) is 0 Å². The zero-order valence-electron chi connectivity index (χ0n) is 17.3. The highest BCUT2D eigenvalue weighted by atomic mass is 16.5. The Morgan fingerprint density at radius 1 is 1.20 bits per heavy atom. The number of fused-ring (bicyclic) bond motifs is 7. The highest BCUT2D eigenvalue weighted by Gasteiger charge is 2.22. The fourth-order valence-electron chi connectivity index (χ4n) is 4.13. The molecule has 5 rings (SSSR count). The number of benzene rings is 1. The molecule has 0 amide bonds. The van der Waals surface area contributed by atoms with E-state index in [1.807, 2.05) is 36.3 Å². The van der Waals surface area contributed by atoms with Crippen LogP contribution in [0.5, 0.6) is 5.75 Å². The van der Waals surface area contributed by atoms with Crippen molar-refractivity contribution >= 4 is 5.82 Å².